The van der Waals surface area contributed by atoms with E-state index in [-0.39, 0.29) is 5.91 Å². The average Bonchev–Trinajstić information content (AvgIpc) is 2.96. The van der Waals surface area contributed by atoms with Crippen LogP contribution < -0.4 is 5.73 Å². The van der Waals surface area contributed by atoms with Gasteiger partial charge in [0.2, 0.25) is 5.91 Å². The minimum Gasteiger partial charge on any atom is -0.387 e. The van der Waals surface area contributed by atoms with Gasteiger partial charge in [0, 0.05) is 75.3 Å². The van der Waals surface area contributed by atoms with Crippen LogP contribution in [0.5, 0.6) is 0 Å². The lowest BCUT2D eigenvalue weighted by Gasteiger charge is -2.12. The molecule has 0 bridgehead atoms. The maximum atomic E-state index is 12.4. The third-order valence-electron chi connectivity index (χ3n) is 5.40. The van der Waals surface area contributed by atoms with Crippen LogP contribution in [0.4, 0.5) is 5.69 Å². The Morgan fingerprint density at radius 1 is 1.26 bits per heavy atom. The maximum Gasteiger partial charge on any atom is 0.249 e. The number of amidine groups is 1. The normalized spacial score (nSPS) is 13.3. The molecule has 31 heavy (non-hydrogen) atoms. The highest BCUT2D eigenvalue weighted by molar-refractivity contribution is 6.05. The van der Waals surface area contributed by atoms with E-state index in [1.54, 1.807) is 14.1 Å². The van der Waals surface area contributed by atoms with E-state index in [0.29, 0.717) is 29.1 Å². The van der Waals surface area contributed by atoms with Gasteiger partial charge in [-0.05, 0) is 31.2 Å². The monoisotopic (exact) mass is 419 g/mol. The smallest absolute Gasteiger partial charge is 0.249 e. The molecule has 7 heteroatoms. The second-order valence-corrected chi connectivity index (χ2v) is 7.86. The number of aldehydes is 1. The zero-order valence-corrected chi connectivity index (χ0v) is 18.7. The van der Waals surface area contributed by atoms with E-state index in [1.165, 1.54) is 4.90 Å². The molecule has 0 fully saturated rings. The number of aromatic nitrogens is 1. The van der Waals surface area contributed by atoms with Gasteiger partial charge in [0.25, 0.3) is 0 Å². The first-order valence-electron chi connectivity index (χ1n) is 10.2. The number of rotatable bonds is 6. The standard InChI is InChI=1S/C24H29N5O2/c1-6-28(4)10-9-21-19(15-30)13-22(29(21)5)17-8-7-16-11-18(24(31)27(2)3)14-23(25)26-20(16)12-17/h7-13,15H,6,14H2,1-5H3,(H2,25,26)/b10-9-. The van der Waals surface area contributed by atoms with Crippen molar-refractivity contribution in [1.82, 2.24) is 14.4 Å². The Morgan fingerprint density at radius 2 is 2.00 bits per heavy atom. The van der Waals surface area contributed by atoms with Crippen molar-refractivity contribution >= 4 is 35.9 Å². The van der Waals surface area contributed by atoms with Crippen molar-refractivity contribution < 1.29 is 9.59 Å². The average molecular weight is 420 g/mol. The van der Waals surface area contributed by atoms with E-state index in [1.807, 2.05) is 66.2 Å². The molecule has 0 aliphatic carbocycles. The fourth-order valence-corrected chi connectivity index (χ4v) is 3.50. The summed E-state index contributed by atoms with van der Waals surface area (Å²) in [5, 5.41) is 0. The fraction of sp³-hybridized carbons (Fsp3) is 0.292. The van der Waals surface area contributed by atoms with Crippen molar-refractivity contribution in [2.45, 2.75) is 13.3 Å². The molecule has 1 aromatic heterocycles. The Hall–Kier alpha value is -3.61. The Kier molecular flexibility index (Phi) is 6.44. The molecule has 1 aliphatic heterocycles. The van der Waals surface area contributed by atoms with Crippen LogP contribution in [-0.2, 0) is 11.8 Å². The van der Waals surface area contributed by atoms with Crippen molar-refractivity contribution in [3.8, 4) is 11.3 Å². The predicted molar refractivity (Wildman–Crippen MR) is 126 cm³/mol. The van der Waals surface area contributed by atoms with Crippen molar-refractivity contribution in [3.63, 3.8) is 0 Å². The van der Waals surface area contributed by atoms with Crippen LogP contribution in [0.1, 0.15) is 35.0 Å². The van der Waals surface area contributed by atoms with Gasteiger partial charge in [0.1, 0.15) is 5.84 Å². The van der Waals surface area contributed by atoms with Crippen LogP contribution >= 0.6 is 0 Å². The summed E-state index contributed by atoms with van der Waals surface area (Å²) < 4.78 is 1.99. The van der Waals surface area contributed by atoms with Gasteiger partial charge >= 0.3 is 0 Å². The Bertz CT molecular complexity index is 1110. The maximum absolute atomic E-state index is 12.4. The molecule has 2 aromatic rings. The number of carbonyl (C=O) groups excluding carboxylic acids is 2. The van der Waals surface area contributed by atoms with Crippen molar-refractivity contribution in [2.75, 3.05) is 27.7 Å². The number of nitrogens with two attached hydrogens (primary N) is 1. The second-order valence-electron chi connectivity index (χ2n) is 7.86. The number of benzene rings is 1. The van der Waals surface area contributed by atoms with Gasteiger partial charge in [0.05, 0.1) is 11.4 Å². The highest BCUT2D eigenvalue weighted by Crippen LogP contribution is 2.33. The highest BCUT2D eigenvalue weighted by Gasteiger charge is 2.19. The largest absolute Gasteiger partial charge is 0.387 e. The number of carbonyl (C=O) groups is 2. The molecule has 2 heterocycles. The minimum atomic E-state index is -0.0818. The molecular weight excluding hydrogens is 390 g/mol. The summed E-state index contributed by atoms with van der Waals surface area (Å²) in [5.74, 6) is 0.311. The van der Waals surface area contributed by atoms with Crippen LogP contribution in [0.25, 0.3) is 23.4 Å². The van der Waals surface area contributed by atoms with Gasteiger partial charge in [-0.1, -0.05) is 12.1 Å². The van der Waals surface area contributed by atoms with Gasteiger partial charge < -0.3 is 20.1 Å². The second kappa shape index (κ2) is 9.04. The molecule has 0 saturated carbocycles. The fourth-order valence-electron chi connectivity index (χ4n) is 3.50. The van der Waals surface area contributed by atoms with Crippen molar-refractivity contribution in [3.05, 3.63) is 52.9 Å². The molecule has 162 valence electrons. The van der Waals surface area contributed by atoms with Gasteiger partial charge in [-0.25, -0.2) is 4.99 Å². The number of nitrogens with zero attached hydrogens (tertiary/aromatic N) is 4. The molecule has 1 amide bonds. The number of likely N-dealkylation sites (N-methyl/N-ethyl adjacent to an activating group) is 1. The van der Waals surface area contributed by atoms with Crippen LogP contribution in [0.2, 0.25) is 0 Å². The summed E-state index contributed by atoms with van der Waals surface area (Å²) in [5.41, 5.74) is 11.5. The van der Waals surface area contributed by atoms with Crippen molar-refractivity contribution in [1.29, 1.82) is 0 Å². The molecule has 0 radical (unpaired) electrons. The lowest BCUT2D eigenvalue weighted by Crippen LogP contribution is -2.25. The van der Waals surface area contributed by atoms with Crippen LogP contribution in [0, 0.1) is 0 Å². The number of fused-ring (bicyclic) bond motifs is 1. The third kappa shape index (κ3) is 4.60. The Morgan fingerprint density at radius 3 is 2.65 bits per heavy atom. The summed E-state index contributed by atoms with van der Waals surface area (Å²) >= 11 is 0. The van der Waals surface area contributed by atoms with Gasteiger partial charge in [-0.2, -0.15) is 0 Å². The first-order valence-corrected chi connectivity index (χ1v) is 10.2. The van der Waals surface area contributed by atoms with Gasteiger partial charge in [-0.15, -0.1) is 0 Å². The summed E-state index contributed by atoms with van der Waals surface area (Å²) in [7, 11) is 7.36. The molecule has 0 spiro atoms. The number of aliphatic imine (C=N–C) groups is 1. The Labute approximate surface area is 183 Å². The van der Waals surface area contributed by atoms with Crippen molar-refractivity contribution in [2.24, 2.45) is 17.8 Å². The zero-order valence-electron chi connectivity index (χ0n) is 18.7. The summed E-state index contributed by atoms with van der Waals surface area (Å²) in [6.45, 7) is 2.94. The third-order valence-corrected chi connectivity index (χ3v) is 5.40. The molecule has 7 nitrogen and oxygen atoms in total. The summed E-state index contributed by atoms with van der Waals surface area (Å²) in [6, 6.07) is 7.72. The molecule has 1 aliphatic rings. The van der Waals surface area contributed by atoms with Gasteiger partial charge in [-0.3, -0.25) is 9.59 Å². The molecule has 1 aromatic carbocycles. The highest BCUT2D eigenvalue weighted by atomic mass is 16.2. The molecular formula is C24H29N5O2. The predicted octanol–water partition coefficient (Wildman–Crippen LogP) is 3.29. The first-order chi connectivity index (χ1) is 14.7. The molecule has 3 rings (SSSR count). The summed E-state index contributed by atoms with van der Waals surface area (Å²) in [6.07, 6.45) is 6.93. The van der Waals surface area contributed by atoms with E-state index in [2.05, 4.69) is 11.9 Å². The van der Waals surface area contributed by atoms with Crippen LogP contribution in [-0.4, -0.2) is 60.1 Å². The minimum absolute atomic E-state index is 0.0818. The number of hydrogen-bond donors (Lipinski definition) is 1. The molecule has 0 saturated heterocycles. The van der Waals surface area contributed by atoms with Crippen LogP contribution in [0.15, 0.2) is 41.0 Å². The quantitative estimate of drug-likeness (QED) is 0.728. The Balaban J connectivity index is 2.07. The molecule has 0 unspecified atom stereocenters. The number of hydrogen-bond acceptors (Lipinski definition) is 5. The lowest BCUT2D eigenvalue weighted by atomic mass is 10.0. The molecule has 2 N–H and O–H groups in total. The van der Waals surface area contributed by atoms with E-state index in [9.17, 15) is 9.59 Å². The molecule has 0 atom stereocenters. The first kappa shape index (κ1) is 22.1. The van der Waals surface area contributed by atoms with E-state index in [0.717, 1.165) is 35.3 Å². The number of amides is 1. The lowest BCUT2D eigenvalue weighted by molar-refractivity contribution is -0.124. The van der Waals surface area contributed by atoms with Crippen LogP contribution in [0.3, 0.4) is 0 Å². The topological polar surface area (TPSA) is 83.9 Å². The summed E-state index contributed by atoms with van der Waals surface area (Å²) in [4.78, 5) is 32.2. The SMILES string of the molecule is CCN(C)/C=C\c1c(C=O)cc(-c2ccc3c(c2)N=C(N)CC(C(=O)N(C)C)=C3)n1C. The van der Waals surface area contributed by atoms with E-state index < -0.39 is 0 Å². The van der Waals surface area contributed by atoms with E-state index in [4.69, 9.17) is 5.73 Å². The van der Waals surface area contributed by atoms with Gasteiger partial charge in [0.15, 0.2) is 6.29 Å². The zero-order chi connectivity index (χ0) is 22.7. The van der Waals surface area contributed by atoms with E-state index >= 15 is 0 Å².